The lowest BCUT2D eigenvalue weighted by molar-refractivity contribution is -0.117. The summed E-state index contributed by atoms with van der Waals surface area (Å²) in [6, 6.07) is 7.67. The van der Waals surface area contributed by atoms with E-state index in [1.165, 1.54) is 6.26 Å². The lowest BCUT2D eigenvalue weighted by atomic mass is 10.0. The minimum absolute atomic E-state index is 0. The number of nitrogens with one attached hydrogen (secondary N) is 2. The van der Waals surface area contributed by atoms with Crippen molar-refractivity contribution in [2.45, 2.75) is 32.7 Å². The molecule has 1 amide bonds. The molecule has 1 aliphatic carbocycles. The number of amides is 1. The summed E-state index contributed by atoms with van der Waals surface area (Å²) < 4.78 is 22.9. The third-order valence-corrected chi connectivity index (χ3v) is 5.05. The Labute approximate surface area is 144 Å². The predicted octanol–water partition coefficient (Wildman–Crippen LogP) is 2.37. The molecular weight excluding hydrogens is 336 g/mol. The number of sulfone groups is 1. The Morgan fingerprint density at radius 3 is 2.48 bits per heavy atom. The van der Waals surface area contributed by atoms with E-state index in [4.69, 9.17) is 0 Å². The largest absolute Gasteiger partial charge is 0.326 e. The maximum Gasteiger partial charge on any atom is 0.224 e. The second-order valence-electron chi connectivity index (χ2n) is 6.23. The van der Waals surface area contributed by atoms with Crippen LogP contribution in [-0.2, 0) is 21.2 Å². The summed E-state index contributed by atoms with van der Waals surface area (Å²) >= 11 is 0. The van der Waals surface area contributed by atoms with Gasteiger partial charge >= 0.3 is 0 Å². The van der Waals surface area contributed by atoms with Gasteiger partial charge in [-0.25, -0.2) is 8.42 Å². The molecule has 0 aliphatic heterocycles. The first-order valence-corrected chi connectivity index (χ1v) is 9.66. The minimum Gasteiger partial charge on any atom is -0.326 e. The Balaban J connectivity index is 0.00000264. The highest BCUT2D eigenvalue weighted by molar-refractivity contribution is 7.90. The van der Waals surface area contributed by atoms with Crippen LogP contribution in [-0.4, -0.2) is 32.9 Å². The number of anilines is 1. The van der Waals surface area contributed by atoms with Gasteiger partial charge in [0.2, 0.25) is 5.91 Å². The molecule has 0 saturated heterocycles. The van der Waals surface area contributed by atoms with Crippen LogP contribution in [0.25, 0.3) is 0 Å². The first-order chi connectivity index (χ1) is 10.3. The summed E-state index contributed by atoms with van der Waals surface area (Å²) in [6.45, 7) is 3.59. The highest BCUT2D eigenvalue weighted by Crippen LogP contribution is 2.49. The average molecular weight is 361 g/mol. The average Bonchev–Trinajstić information content (AvgIpc) is 3.14. The van der Waals surface area contributed by atoms with Crippen LogP contribution in [0.1, 0.15) is 31.7 Å². The summed E-state index contributed by atoms with van der Waals surface area (Å²) in [5.41, 5.74) is 1.49. The molecule has 23 heavy (non-hydrogen) atoms. The van der Waals surface area contributed by atoms with Crippen LogP contribution >= 0.6 is 12.4 Å². The van der Waals surface area contributed by atoms with Crippen molar-refractivity contribution in [1.82, 2.24) is 5.32 Å². The van der Waals surface area contributed by atoms with Crippen molar-refractivity contribution in [3.05, 3.63) is 29.8 Å². The zero-order valence-corrected chi connectivity index (χ0v) is 15.2. The van der Waals surface area contributed by atoms with E-state index in [1.807, 2.05) is 31.2 Å². The highest BCUT2D eigenvalue weighted by Gasteiger charge is 2.46. The van der Waals surface area contributed by atoms with Gasteiger partial charge in [0.25, 0.3) is 0 Å². The number of hydrogen-bond donors (Lipinski definition) is 2. The molecule has 2 rings (SSSR count). The van der Waals surface area contributed by atoms with Crippen molar-refractivity contribution in [3.8, 4) is 0 Å². The Morgan fingerprint density at radius 1 is 1.26 bits per heavy atom. The van der Waals surface area contributed by atoms with Crippen LogP contribution in [0.4, 0.5) is 5.69 Å². The molecule has 1 aromatic rings. The van der Waals surface area contributed by atoms with Crippen LogP contribution in [0.2, 0.25) is 0 Å². The fraction of sp³-hybridized carbons (Fsp3) is 0.562. The Kier molecular flexibility index (Phi) is 7.04. The second kappa shape index (κ2) is 8.13. The first kappa shape index (κ1) is 19.9. The summed E-state index contributed by atoms with van der Waals surface area (Å²) in [7, 11) is -3.05. The lowest BCUT2D eigenvalue weighted by Gasteiger charge is -2.15. The molecule has 1 saturated carbocycles. The van der Waals surface area contributed by atoms with E-state index < -0.39 is 9.84 Å². The molecule has 0 heterocycles. The fourth-order valence-corrected chi connectivity index (χ4v) is 4.20. The Bertz CT molecular complexity index is 642. The van der Waals surface area contributed by atoms with Crippen molar-refractivity contribution < 1.29 is 13.2 Å². The Hall–Kier alpha value is -1.11. The maximum atomic E-state index is 12.3. The number of carbonyl (C=O) groups excluding carboxylic acids is 1. The molecule has 7 heteroatoms. The van der Waals surface area contributed by atoms with Gasteiger partial charge < -0.3 is 10.6 Å². The number of halogens is 1. The van der Waals surface area contributed by atoms with Crippen LogP contribution < -0.4 is 10.6 Å². The molecule has 2 N–H and O–H groups in total. The molecule has 0 unspecified atom stereocenters. The predicted molar refractivity (Wildman–Crippen MR) is 95.7 cm³/mol. The van der Waals surface area contributed by atoms with Gasteiger partial charge in [-0.3, -0.25) is 4.79 Å². The van der Waals surface area contributed by atoms with E-state index in [2.05, 4.69) is 10.6 Å². The summed E-state index contributed by atoms with van der Waals surface area (Å²) in [5, 5.41) is 6.17. The van der Waals surface area contributed by atoms with E-state index in [9.17, 15) is 13.2 Å². The van der Waals surface area contributed by atoms with Crippen LogP contribution in [0, 0.1) is 5.41 Å². The zero-order valence-electron chi connectivity index (χ0n) is 13.6. The molecule has 0 atom stereocenters. The number of rotatable bonds is 8. The number of carbonyl (C=O) groups is 1. The minimum atomic E-state index is -3.05. The quantitative estimate of drug-likeness (QED) is 0.746. The maximum absolute atomic E-state index is 12.3. The zero-order chi connectivity index (χ0) is 16.2. The SMILES string of the molecule is CCNCc1ccccc1NC(=O)CC1(CS(C)(=O)=O)CC1.Cl. The Morgan fingerprint density at radius 2 is 1.91 bits per heavy atom. The topological polar surface area (TPSA) is 75.3 Å². The summed E-state index contributed by atoms with van der Waals surface area (Å²) in [4.78, 5) is 12.3. The lowest BCUT2D eigenvalue weighted by Crippen LogP contribution is -2.24. The normalized spacial score (nSPS) is 15.6. The molecule has 0 spiro atoms. The van der Waals surface area contributed by atoms with Crippen molar-refractivity contribution in [2.24, 2.45) is 5.41 Å². The third-order valence-electron chi connectivity index (χ3n) is 3.92. The summed E-state index contributed by atoms with van der Waals surface area (Å²) in [6.07, 6.45) is 3.13. The van der Waals surface area contributed by atoms with Crippen molar-refractivity contribution in [3.63, 3.8) is 0 Å². The van der Waals surface area contributed by atoms with Crippen molar-refractivity contribution in [2.75, 3.05) is 23.9 Å². The summed E-state index contributed by atoms with van der Waals surface area (Å²) in [5.74, 6) is -0.00276. The molecule has 1 fully saturated rings. The highest BCUT2D eigenvalue weighted by atomic mass is 35.5. The molecule has 0 aromatic heterocycles. The molecule has 1 aromatic carbocycles. The first-order valence-electron chi connectivity index (χ1n) is 7.60. The van der Waals surface area contributed by atoms with E-state index in [0.717, 1.165) is 30.6 Å². The van der Waals surface area contributed by atoms with E-state index in [1.54, 1.807) is 0 Å². The molecule has 0 radical (unpaired) electrons. The number of para-hydroxylation sites is 1. The van der Waals surface area contributed by atoms with Gasteiger partial charge in [-0.2, -0.15) is 0 Å². The molecular formula is C16H25ClN2O3S. The monoisotopic (exact) mass is 360 g/mol. The van der Waals surface area contributed by atoms with E-state index in [-0.39, 0.29) is 35.9 Å². The van der Waals surface area contributed by atoms with Gasteiger partial charge in [0.05, 0.1) is 5.75 Å². The number of benzene rings is 1. The smallest absolute Gasteiger partial charge is 0.224 e. The van der Waals surface area contributed by atoms with Crippen LogP contribution in [0.3, 0.4) is 0 Å². The van der Waals surface area contributed by atoms with Gasteiger partial charge in [-0.15, -0.1) is 12.4 Å². The van der Waals surface area contributed by atoms with E-state index >= 15 is 0 Å². The molecule has 130 valence electrons. The molecule has 0 bridgehead atoms. The van der Waals surface area contributed by atoms with Crippen LogP contribution in [0.5, 0.6) is 0 Å². The second-order valence-corrected chi connectivity index (χ2v) is 8.37. The van der Waals surface area contributed by atoms with E-state index in [0.29, 0.717) is 6.54 Å². The van der Waals surface area contributed by atoms with Crippen molar-refractivity contribution in [1.29, 1.82) is 0 Å². The standard InChI is InChI=1S/C16H24N2O3S.ClH/c1-3-17-11-13-6-4-5-7-14(13)18-15(19)10-16(8-9-16)12-22(2,20)21;/h4-7,17H,3,8-12H2,1-2H3,(H,18,19);1H. The van der Waals surface area contributed by atoms with Gasteiger partial charge in [0, 0.05) is 24.9 Å². The molecule has 1 aliphatic rings. The van der Waals surface area contributed by atoms with Gasteiger partial charge in [-0.1, -0.05) is 25.1 Å². The fourth-order valence-electron chi connectivity index (χ4n) is 2.70. The van der Waals surface area contributed by atoms with Gasteiger partial charge in [0.1, 0.15) is 9.84 Å². The van der Waals surface area contributed by atoms with Crippen molar-refractivity contribution >= 4 is 33.8 Å². The third kappa shape index (κ3) is 6.49. The van der Waals surface area contributed by atoms with Crippen LogP contribution in [0.15, 0.2) is 24.3 Å². The number of hydrogen-bond acceptors (Lipinski definition) is 4. The van der Waals surface area contributed by atoms with Gasteiger partial charge in [0.15, 0.2) is 0 Å². The van der Waals surface area contributed by atoms with Gasteiger partial charge in [-0.05, 0) is 36.4 Å². The molecule has 5 nitrogen and oxygen atoms in total.